The first-order chi connectivity index (χ1) is 11.0. The van der Waals surface area contributed by atoms with E-state index >= 15 is 0 Å². The Morgan fingerprint density at radius 3 is 2.17 bits per heavy atom. The van der Waals surface area contributed by atoms with Gasteiger partial charge in [0.05, 0.1) is 7.11 Å². The molecule has 0 unspecified atom stereocenters. The monoisotopic (exact) mass is 309 g/mol. The summed E-state index contributed by atoms with van der Waals surface area (Å²) < 4.78 is 5.24. The molecule has 0 aliphatic heterocycles. The zero-order chi connectivity index (χ0) is 16.8. The molecular weight excluding hydrogens is 290 g/mol. The molecule has 4 heteroatoms. The van der Waals surface area contributed by atoms with Crippen molar-refractivity contribution in [2.45, 2.75) is 0 Å². The van der Waals surface area contributed by atoms with Gasteiger partial charge in [-0.05, 0) is 30.4 Å². The lowest BCUT2D eigenvalue weighted by molar-refractivity contribution is 0.0827. The highest BCUT2D eigenvalue weighted by atomic mass is 16.5. The molecule has 0 atom stereocenters. The van der Waals surface area contributed by atoms with Gasteiger partial charge in [-0.3, -0.25) is 9.59 Å². The molecule has 1 amide bonds. The molecule has 0 aliphatic carbocycles. The first kappa shape index (κ1) is 16.5. The minimum atomic E-state index is -0.125. The largest absolute Gasteiger partial charge is 0.496 e. The molecular formula is C19H19NO3. The minimum Gasteiger partial charge on any atom is -0.496 e. The van der Waals surface area contributed by atoms with Crippen LogP contribution in [-0.2, 0) is 0 Å². The number of carbonyl (C=O) groups excluding carboxylic acids is 2. The maximum absolute atomic E-state index is 12.2. The Morgan fingerprint density at radius 2 is 1.57 bits per heavy atom. The first-order valence-corrected chi connectivity index (χ1v) is 7.20. The minimum absolute atomic E-state index is 0.0893. The van der Waals surface area contributed by atoms with E-state index < -0.39 is 0 Å². The summed E-state index contributed by atoms with van der Waals surface area (Å²) in [6.07, 6.45) is 3.22. The molecule has 0 spiro atoms. The summed E-state index contributed by atoms with van der Waals surface area (Å²) in [4.78, 5) is 25.5. The molecule has 0 radical (unpaired) electrons. The Bertz CT molecular complexity index is 731. The highest BCUT2D eigenvalue weighted by Gasteiger charge is 2.09. The Balaban J connectivity index is 2.15. The van der Waals surface area contributed by atoms with Crippen molar-refractivity contribution in [2.75, 3.05) is 21.2 Å². The van der Waals surface area contributed by atoms with E-state index in [9.17, 15) is 9.59 Å². The number of allylic oxidation sites excluding steroid dienone is 1. The fourth-order valence-corrected chi connectivity index (χ4v) is 2.10. The fraction of sp³-hybridized carbons (Fsp3) is 0.158. The summed E-state index contributed by atoms with van der Waals surface area (Å²) in [5, 5.41) is 0. The third-order valence-electron chi connectivity index (χ3n) is 3.38. The normalized spacial score (nSPS) is 10.6. The standard InChI is InChI=1S/C19H19NO3/c1-20(2)19(22)16-10-8-14(9-11-16)17(21)13-12-15-6-4-5-7-18(15)23-3/h4-13H,1-3H3. The van der Waals surface area contributed by atoms with Crippen LogP contribution >= 0.6 is 0 Å². The van der Waals surface area contributed by atoms with Gasteiger partial charge in [0.1, 0.15) is 5.75 Å². The Labute approximate surface area is 136 Å². The highest BCUT2D eigenvalue weighted by Crippen LogP contribution is 2.19. The topological polar surface area (TPSA) is 46.6 Å². The van der Waals surface area contributed by atoms with Crippen molar-refractivity contribution in [3.63, 3.8) is 0 Å². The van der Waals surface area contributed by atoms with Crippen molar-refractivity contribution < 1.29 is 14.3 Å². The summed E-state index contributed by atoms with van der Waals surface area (Å²) in [6.45, 7) is 0. The van der Waals surface area contributed by atoms with E-state index in [4.69, 9.17) is 4.74 Å². The smallest absolute Gasteiger partial charge is 0.253 e. The van der Waals surface area contributed by atoms with E-state index in [-0.39, 0.29) is 11.7 Å². The molecule has 118 valence electrons. The average Bonchev–Trinajstić information content (AvgIpc) is 2.59. The molecule has 4 nitrogen and oxygen atoms in total. The van der Waals surface area contributed by atoms with Gasteiger partial charge in [-0.1, -0.05) is 30.3 Å². The molecule has 0 aliphatic rings. The van der Waals surface area contributed by atoms with Gasteiger partial charge >= 0.3 is 0 Å². The van der Waals surface area contributed by atoms with Crippen molar-refractivity contribution in [2.24, 2.45) is 0 Å². The number of hydrogen-bond acceptors (Lipinski definition) is 3. The lowest BCUT2D eigenvalue weighted by Gasteiger charge is -2.10. The molecule has 0 saturated heterocycles. The maximum Gasteiger partial charge on any atom is 0.253 e. The summed E-state index contributed by atoms with van der Waals surface area (Å²) in [5.74, 6) is 0.497. The second-order valence-electron chi connectivity index (χ2n) is 5.22. The summed E-state index contributed by atoms with van der Waals surface area (Å²) >= 11 is 0. The maximum atomic E-state index is 12.2. The molecule has 2 rings (SSSR count). The second-order valence-corrected chi connectivity index (χ2v) is 5.22. The third-order valence-corrected chi connectivity index (χ3v) is 3.38. The molecule has 0 N–H and O–H groups in total. The van der Waals surface area contributed by atoms with E-state index in [2.05, 4.69) is 0 Å². The second kappa shape index (κ2) is 7.40. The number of amides is 1. The predicted octanol–water partition coefficient (Wildman–Crippen LogP) is 3.29. The zero-order valence-corrected chi connectivity index (χ0v) is 13.4. The van der Waals surface area contributed by atoms with Crippen molar-refractivity contribution in [1.82, 2.24) is 4.90 Å². The van der Waals surface area contributed by atoms with Crippen LogP contribution in [0.25, 0.3) is 6.08 Å². The third kappa shape index (κ3) is 4.07. The van der Waals surface area contributed by atoms with Crippen LogP contribution in [0.15, 0.2) is 54.6 Å². The number of ether oxygens (including phenoxy) is 1. The van der Waals surface area contributed by atoms with Crippen molar-refractivity contribution >= 4 is 17.8 Å². The Morgan fingerprint density at radius 1 is 0.957 bits per heavy atom. The number of hydrogen-bond donors (Lipinski definition) is 0. The van der Waals surface area contributed by atoms with E-state index in [0.29, 0.717) is 16.9 Å². The highest BCUT2D eigenvalue weighted by molar-refractivity contribution is 6.07. The van der Waals surface area contributed by atoms with Crippen LogP contribution in [0.3, 0.4) is 0 Å². The summed E-state index contributed by atoms with van der Waals surface area (Å²) in [5.41, 5.74) is 1.93. The Kier molecular flexibility index (Phi) is 5.31. The van der Waals surface area contributed by atoms with Crippen LogP contribution in [0.4, 0.5) is 0 Å². The molecule has 2 aromatic rings. The molecule has 0 bridgehead atoms. The van der Waals surface area contributed by atoms with Crippen LogP contribution in [0, 0.1) is 0 Å². The van der Waals surface area contributed by atoms with Crippen LogP contribution < -0.4 is 4.74 Å². The molecule has 0 heterocycles. The van der Waals surface area contributed by atoms with Crippen molar-refractivity contribution in [1.29, 1.82) is 0 Å². The van der Waals surface area contributed by atoms with Gasteiger partial charge < -0.3 is 9.64 Å². The molecule has 23 heavy (non-hydrogen) atoms. The predicted molar refractivity (Wildman–Crippen MR) is 90.8 cm³/mol. The molecule has 0 aromatic heterocycles. The van der Waals surface area contributed by atoms with Crippen molar-refractivity contribution in [3.8, 4) is 5.75 Å². The van der Waals surface area contributed by atoms with E-state index in [1.165, 1.54) is 11.0 Å². The lowest BCUT2D eigenvalue weighted by atomic mass is 10.1. The van der Waals surface area contributed by atoms with Gasteiger partial charge in [0, 0.05) is 30.8 Å². The number of methoxy groups -OCH3 is 1. The summed E-state index contributed by atoms with van der Waals surface area (Å²) in [6, 6.07) is 14.1. The van der Waals surface area contributed by atoms with Gasteiger partial charge in [-0.15, -0.1) is 0 Å². The van der Waals surface area contributed by atoms with Crippen LogP contribution in [0.2, 0.25) is 0 Å². The van der Waals surface area contributed by atoms with E-state index in [0.717, 1.165) is 5.56 Å². The van der Waals surface area contributed by atoms with E-state index in [1.54, 1.807) is 51.5 Å². The van der Waals surface area contributed by atoms with Gasteiger partial charge in [-0.25, -0.2) is 0 Å². The number of benzene rings is 2. The van der Waals surface area contributed by atoms with Gasteiger partial charge in [0.2, 0.25) is 0 Å². The molecule has 0 fully saturated rings. The van der Waals surface area contributed by atoms with Gasteiger partial charge in [-0.2, -0.15) is 0 Å². The van der Waals surface area contributed by atoms with Gasteiger partial charge in [0.15, 0.2) is 5.78 Å². The fourth-order valence-electron chi connectivity index (χ4n) is 2.10. The van der Waals surface area contributed by atoms with Crippen LogP contribution in [0.5, 0.6) is 5.75 Å². The van der Waals surface area contributed by atoms with Crippen LogP contribution in [-0.4, -0.2) is 37.8 Å². The summed E-state index contributed by atoms with van der Waals surface area (Å²) in [7, 11) is 4.98. The van der Waals surface area contributed by atoms with Gasteiger partial charge in [0.25, 0.3) is 5.91 Å². The molecule has 0 saturated carbocycles. The van der Waals surface area contributed by atoms with E-state index in [1.807, 2.05) is 24.3 Å². The number of ketones is 1. The number of nitrogens with zero attached hydrogens (tertiary/aromatic N) is 1. The SMILES string of the molecule is COc1ccccc1C=CC(=O)c1ccc(C(=O)N(C)C)cc1. The lowest BCUT2D eigenvalue weighted by Crippen LogP contribution is -2.21. The quantitative estimate of drug-likeness (QED) is 0.629. The first-order valence-electron chi connectivity index (χ1n) is 7.20. The molecule has 2 aromatic carbocycles. The Hall–Kier alpha value is -2.88. The number of rotatable bonds is 5. The van der Waals surface area contributed by atoms with Crippen molar-refractivity contribution in [3.05, 3.63) is 71.3 Å². The number of para-hydroxylation sites is 1. The number of carbonyl (C=O) groups is 2. The average molecular weight is 309 g/mol. The van der Waals surface area contributed by atoms with Crippen LogP contribution in [0.1, 0.15) is 26.3 Å². The zero-order valence-electron chi connectivity index (χ0n) is 13.4.